The molecule has 0 spiro atoms. The minimum atomic E-state index is -2.82. The van der Waals surface area contributed by atoms with Crippen LogP contribution in [0.1, 0.15) is 37.6 Å². The number of benzene rings is 1. The van der Waals surface area contributed by atoms with Crippen LogP contribution >= 0.6 is 0 Å². The van der Waals surface area contributed by atoms with Crippen LogP contribution in [0.5, 0.6) is 5.75 Å². The number of rotatable bonds is 3. The van der Waals surface area contributed by atoms with Gasteiger partial charge in [0.05, 0.1) is 12.0 Å². The Morgan fingerprint density at radius 3 is 2.71 bits per heavy atom. The van der Waals surface area contributed by atoms with E-state index < -0.39 is 17.7 Å². The smallest absolute Gasteiger partial charge is 0.314 e. The third-order valence-corrected chi connectivity index (χ3v) is 5.32. The summed E-state index contributed by atoms with van der Waals surface area (Å²) in [6.45, 7) is 4.44. The highest BCUT2D eigenvalue weighted by Crippen LogP contribution is 2.35. The zero-order valence-electron chi connectivity index (χ0n) is 15.5. The fourth-order valence-corrected chi connectivity index (χ4v) is 3.53. The van der Waals surface area contributed by atoms with E-state index in [-0.39, 0.29) is 11.8 Å². The molecular weight excluding hydrogens is 372 g/mol. The Morgan fingerprint density at radius 1 is 1.21 bits per heavy atom. The van der Waals surface area contributed by atoms with Gasteiger partial charge in [-0.15, -0.1) is 10.2 Å². The quantitative estimate of drug-likeness (QED) is 0.797. The van der Waals surface area contributed by atoms with Crippen LogP contribution < -0.4 is 4.74 Å². The lowest BCUT2D eigenvalue weighted by molar-refractivity contribution is -0.147. The molecule has 0 atom stereocenters. The second kappa shape index (κ2) is 7.46. The van der Waals surface area contributed by atoms with Gasteiger partial charge >= 0.3 is 6.43 Å². The summed E-state index contributed by atoms with van der Waals surface area (Å²) in [5, 5.41) is 7.01. The molecule has 0 unspecified atom stereocenters. The average Bonchev–Trinajstić information content (AvgIpc) is 3.09. The maximum absolute atomic E-state index is 13.1. The average molecular weight is 393 g/mol. The van der Waals surface area contributed by atoms with Crippen molar-refractivity contribution in [3.8, 4) is 17.2 Å². The Kier molecular flexibility index (Phi) is 5.01. The monoisotopic (exact) mass is 393 g/mol. The summed E-state index contributed by atoms with van der Waals surface area (Å²) < 4.78 is 41.5. The van der Waals surface area contributed by atoms with Crippen LogP contribution in [-0.2, 0) is 16.1 Å². The SMILES string of the molecule is CC1(C(=O)N2CCOc3cc(-c4nnc(C(F)F)o4)ccc3C2)CCOCC1. The molecule has 1 fully saturated rings. The van der Waals surface area contributed by atoms with E-state index in [9.17, 15) is 13.6 Å². The van der Waals surface area contributed by atoms with Crippen molar-refractivity contribution >= 4 is 5.91 Å². The summed E-state index contributed by atoms with van der Waals surface area (Å²) in [7, 11) is 0. The molecule has 1 saturated heterocycles. The number of halogens is 2. The second-order valence-corrected chi connectivity index (χ2v) is 7.32. The first-order valence-corrected chi connectivity index (χ1v) is 9.21. The molecule has 2 aliphatic rings. The van der Waals surface area contributed by atoms with Crippen LogP contribution in [0.2, 0.25) is 0 Å². The molecule has 0 aliphatic carbocycles. The fraction of sp³-hybridized carbons (Fsp3) is 0.526. The molecule has 2 aromatic rings. The van der Waals surface area contributed by atoms with Crippen molar-refractivity contribution in [2.75, 3.05) is 26.4 Å². The number of alkyl halides is 2. The third kappa shape index (κ3) is 3.58. The van der Waals surface area contributed by atoms with Crippen LogP contribution in [0.3, 0.4) is 0 Å². The molecule has 0 radical (unpaired) electrons. The topological polar surface area (TPSA) is 77.7 Å². The molecule has 150 valence electrons. The highest BCUT2D eigenvalue weighted by atomic mass is 19.3. The van der Waals surface area contributed by atoms with Crippen LogP contribution in [0.15, 0.2) is 22.6 Å². The number of carbonyl (C=O) groups is 1. The molecule has 7 nitrogen and oxygen atoms in total. The predicted molar refractivity (Wildman–Crippen MR) is 93.8 cm³/mol. The molecule has 0 N–H and O–H groups in total. The Hall–Kier alpha value is -2.55. The maximum atomic E-state index is 13.1. The molecule has 1 aromatic heterocycles. The van der Waals surface area contributed by atoms with Gasteiger partial charge in [0.15, 0.2) is 0 Å². The molecule has 4 rings (SSSR count). The zero-order chi connectivity index (χ0) is 19.7. The fourth-order valence-electron chi connectivity index (χ4n) is 3.53. The van der Waals surface area contributed by atoms with Crippen LogP contribution in [-0.4, -0.2) is 47.4 Å². The molecular formula is C19H21F2N3O4. The van der Waals surface area contributed by atoms with Crippen molar-refractivity contribution in [2.24, 2.45) is 5.41 Å². The molecule has 0 bridgehead atoms. The summed E-state index contributed by atoms with van der Waals surface area (Å²) in [6.07, 6.45) is -1.40. The van der Waals surface area contributed by atoms with Gasteiger partial charge in [0.1, 0.15) is 12.4 Å². The molecule has 0 saturated carbocycles. The first-order chi connectivity index (χ1) is 13.5. The minimum absolute atomic E-state index is 0.00796. The molecule has 9 heteroatoms. The largest absolute Gasteiger partial charge is 0.491 e. The van der Waals surface area contributed by atoms with Crippen molar-refractivity contribution in [1.82, 2.24) is 15.1 Å². The van der Waals surface area contributed by atoms with E-state index in [0.29, 0.717) is 57.1 Å². The number of amides is 1. The van der Waals surface area contributed by atoms with Gasteiger partial charge in [-0.25, -0.2) is 0 Å². The molecule has 1 amide bonds. The van der Waals surface area contributed by atoms with Gasteiger partial charge in [-0.3, -0.25) is 4.79 Å². The van der Waals surface area contributed by atoms with Crippen LogP contribution in [0, 0.1) is 5.41 Å². The third-order valence-electron chi connectivity index (χ3n) is 5.32. The first kappa shape index (κ1) is 18.8. The van der Waals surface area contributed by atoms with E-state index in [4.69, 9.17) is 13.9 Å². The van der Waals surface area contributed by atoms with E-state index in [0.717, 1.165) is 5.56 Å². The Balaban J connectivity index is 1.55. The van der Waals surface area contributed by atoms with Gasteiger partial charge in [-0.1, -0.05) is 13.0 Å². The normalized spacial score (nSPS) is 19.1. The van der Waals surface area contributed by atoms with Gasteiger partial charge in [0.25, 0.3) is 5.89 Å². The molecule has 2 aliphatic heterocycles. The van der Waals surface area contributed by atoms with Gasteiger partial charge in [0, 0.05) is 30.9 Å². The van der Waals surface area contributed by atoms with Gasteiger partial charge in [-0.05, 0) is 25.0 Å². The number of hydrogen-bond donors (Lipinski definition) is 0. The number of nitrogens with zero attached hydrogens (tertiary/aromatic N) is 3. The van der Waals surface area contributed by atoms with Crippen molar-refractivity contribution in [1.29, 1.82) is 0 Å². The Bertz CT molecular complexity index is 865. The van der Waals surface area contributed by atoms with Gasteiger partial charge in [0.2, 0.25) is 11.8 Å². The molecule has 28 heavy (non-hydrogen) atoms. The van der Waals surface area contributed by atoms with Crippen LogP contribution in [0.4, 0.5) is 8.78 Å². The Morgan fingerprint density at radius 2 is 2.00 bits per heavy atom. The first-order valence-electron chi connectivity index (χ1n) is 9.21. The van der Waals surface area contributed by atoms with E-state index in [2.05, 4.69) is 10.2 Å². The van der Waals surface area contributed by atoms with Gasteiger partial charge in [-0.2, -0.15) is 8.78 Å². The number of hydrogen-bond acceptors (Lipinski definition) is 6. The predicted octanol–water partition coefficient (Wildman–Crippen LogP) is 3.21. The lowest BCUT2D eigenvalue weighted by Crippen LogP contribution is -2.45. The minimum Gasteiger partial charge on any atom is -0.491 e. The van der Waals surface area contributed by atoms with E-state index in [1.54, 1.807) is 18.2 Å². The summed E-state index contributed by atoms with van der Waals surface area (Å²) in [4.78, 5) is 14.9. The number of ether oxygens (including phenoxy) is 2. The summed E-state index contributed by atoms with van der Waals surface area (Å²) in [5.74, 6) is -0.0162. The number of aromatic nitrogens is 2. The zero-order valence-corrected chi connectivity index (χ0v) is 15.5. The van der Waals surface area contributed by atoms with Crippen LogP contribution in [0.25, 0.3) is 11.5 Å². The lowest BCUT2D eigenvalue weighted by atomic mass is 9.81. The number of carbonyl (C=O) groups excluding carboxylic acids is 1. The molecule has 1 aromatic carbocycles. The molecule has 3 heterocycles. The highest BCUT2D eigenvalue weighted by molar-refractivity contribution is 5.82. The number of fused-ring (bicyclic) bond motifs is 1. The van der Waals surface area contributed by atoms with Crippen molar-refractivity contribution < 1.29 is 27.5 Å². The van der Waals surface area contributed by atoms with E-state index in [1.807, 2.05) is 11.8 Å². The highest BCUT2D eigenvalue weighted by Gasteiger charge is 2.38. The van der Waals surface area contributed by atoms with Gasteiger partial charge < -0.3 is 18.8 Å². The van der Waals surface area contributed by atoms with Crippen molar-refractivity contribution in [2.45, 2.75) is 32.7 Å². The summed E-state index contributed by atoms with van der Waals surface area (Å²) in [6, 6.07) is 5.19. The van der Waals surface area contributed by atoms with Crippen molar-refractivity contribution in [3.05, 3.63) is 29.7 Å². The standard InChI is InChI=1S/C19H21F2N3O4/c1-19(4-7-26-8-5-19)18(25)24-6-9-27-14-10-12(2-3-13(14)11-24)16-22-23-17(28-16)15(20)21/h2-3,10,15H,4-9,11H2,1H3. The van der Waals surface area contributed by atoms with E-state index in [1.165, 1.54) is 0 Å². The Labute approximate surface area is 160 Å². The summed E-state index contributed by atoms with van der Waals surface area (Å²) in [5.41, 5.74) is 0.922. The maximum Gasteiger partial charge on any atom is 0.314 e. The van der Waals surface area contributed by atoms with E-state index >= 15 is 0 Å². The lowest BCUT2D eigenvalue weighted by Gasteiger charge is -2.36. The summed E-state index contributed by atoms with van der Waals surface area (Å²) >= 11 is 0. The van der Waals surface area contributed by atoms with Crippen molar-refractivity contribution in [3.63, 3.8) is 0 Å². The second-order valence-electron chi connectivity index (χ2n) is 7.32.